The summed E-state index contributed by atoms with van der Waals surface area (Å²) in [6.07, 6.45) is 1.09. The highest BCUT2D eigenvalue weighted by Gasteiger charge is 2.00. The number of hydrogen-bond acceptors (Lipinski definition) is 4. The average molecular weight is 204 g/mol. The molecule has 2 atom stereocenters. The second-order valence-corrected chi connectivity index (χ2v) is 3.53. The molecule has 0 aromatic heterocycles. The molecule has 0 aromatic carbocycles. The van der Waals surface area contributed by atoms with Crippen LogP contribution < -0.4 is 10.6 Å². The lowest BCUT2D eigenvalue weighted by Crippen LogP contribution is -2.35. The largest absolute Gasteiger partial charge is 0.392 e. The molecule has 0 aliphatic carbocycles. The van der Waals surface area contributed by atoms with Gasteiger partial charge in [0.05, 0.1) is 12.2 Å². The van der Waals surface area contributed by atoms with E-state index in [1.165, 1.54) is 0 Å². The van der Waals surface area contributed by atoms with Crippen LogP contribution in [0.25, 0.3) is 0 Å². The monoisotopic (exact) mass is 204 g/mol. The lowest BCUT2D eigenvalue weighted by molar-refractivity contribution is 0.162. The van der Waals surface area contributed by atoms with Crippen LogP contribution in [0.4, 0.5) is 0 Å². The molecule has 0 amide bonds. The summed E-state index contributed by atoms with van der Waals surface area (Å²) in [5.41, 5.74) is 0. The highest BCUT2D eigenvalue weighted by atomic mass is 16.3. The molecule has 0 fully saturated rings. The standard InChI is InChI=1S/C10H24N2O2/c1-3-9(13)7-11-5-6-12-8-10(14)4-2/h9-14H,3-8H2,1-2H3/t9-,10+. The maximum Gasteiger partial charge on any atom is 0.0662 e. The zero-order valence-electron chi connectivity index (χ0n) is 9.29. The molecule has 86 valence electrons. The van der Waals surface area contributed by atoms with Crippen LogP contribution in [0.1, 0.15) is 26.7 Å². The Hall–Kier alpha value is -0.160. The van der Waals surface area contributed by atoms with E-state index in [-0.39, 0.29) is 12.2 Å². The molecule has 0 saturated heterocycles. The Balaban J connectivity index is 3.06. The van der Waals surface area contributed by atoms with E-state index in [1.54, 1.807) is 0 Å². The Kier molecular flexibility index (Phi) is 9.29. The molecule has 0 saturated carbocycles. The normalized spacial score (nSPS) is 15.4. The van der Waals surface area contributed by atoms with Crippen molar-refractivity contribution < 1.29 is 10.2 Å². The lowest BCUT2D eigenvalue weighted by Gasteiger charge is -2.11. The van der Waals surface area contributed by atoms with Crippen LogP contribution in [0.5, 0.6) is 0 Å². The van der Waals surface area contributed by atoms with Gasteiger partial charge in [-0.2, -0.15) is 0 Å². The first kappa shape index (κ1) is 13.8. The van der Waals surface area contributed by atoms with E-state index < -0.39 is 0 Å². The van der Waals surface area contributed by atoms with Gasteiger partial charge in [0.15, 0.2) is 0 Å². The van der Waals surface area contributed by atoms with E-state index in [0.717, 1.165) is 25.9 Å². The summed E-state index contributed by atoms with van der Waals surface area (Å²) in [6.45, 7) is 6.87. The summed E-state index contributed by atoms with van der Waals surface area (Å²) in [6, 6.07) is 0. The maximum atomic E-state index is 9.22. The number of aliphatic hydroxyl groups excluding tert-OH is 2. The number of hydrogen-bond donors (Lipinski definition) is 4. The third-order valence-electron chi connectivity index (χ3n) is 2.18. The molecule has 0 unspecified atom stereocenters. The Morgan fingerprint density at radius 3 is 1.50 bits per heavy atom. The fourth-order valence-corrected chi connectivity index (χ4v) is 1.00. The second-order valence-electron chi connectivity index (χ2n) is 3.53. The van der Waals surface area contributed by atoms with Crippen LogP contribution in [0, 0.1) is 0 Å². The van der Waals surface area contributed by atoms with Gasteiger partial charge in [0.25, 0.3) is 0 Å². The van der Waals surface area contributed by atoms with Gasteiger partial charge in [0.1, 0.15) is 0 Å². The molecule has 4 heteroatoms. The Morgan fingerprint density at radius 2 is 1.21 bits per heavy atom. The highest BCUT2D eigenvalue weighted by Crippen LogP contribution is 1.86. The van der Waals surface area contributed by atoms with Crippen molar-refractivity contribution in [2.24, 2.45) is 0 Å². The van der Waals surface area contributed by atoms with Crippen LogP contribution >= 0.6 is 0 Å². The van der Waals surface area contributed by atoms with Gasteiger partial charge in [-0.25, -0.2) is 0 Å². The van der Waals surface area contributed by atoms with Crippen LogP contribution in [0.2, 0.25) is 0 Å². The van der Waals surface area contributed by atoms with Gasteiger partial charge in [0.2, 0.25) is 0 Å². The number of rotatable bonds is 9. The first-order valence-electron chi connectivity index (χ1n) is 5.48. The van der Waals surface area contributed by atoms with Crippen molar-refractivity contribution in [3.63, 3.8) is 0 Å². The van der Waals surface area contributed by atoms with Crippen LogP contribution in [-0.2, 0) is 0 Å². The summed E-state index contributed by atoms with van der Waals surface area (Å²) < 4.78 is 0. The molecule has 4 nitrogen and oxygen atoms in total. The number of nitrogens with one attached hydrogen (secondary N) is 2. The van der Waals surface area contributed by atoms with Gasteiger partial charge in [0, 0.05) is 26.2 Å². The fourth-order valence-electron chi connectivity index (χ4n) is 1.00. The van der Waals surface area contributed by atoms with Gasteiger partial charge < -0.3 is 20.8 Å². The Morgan fingerprint density at radius 1 is 0.857 bits per heavy atom. The SMILES string of the molecule is CC[C@@H](O)CNCCNC[C@@H](O)CC. The number of aliphatic hydroxyl groups is 2. The zero-order valence-corrected chi connectivity index (χ0v) is 9.29. The third kappa shape index (κ3) is 8.44. The van der Waals surface area contributed by atoms with E-state index in [9.17, 15) is 10.2 Å². The second kappa shape index (κ2) is 9.40. The lowest BCUT2D eigenvalue weighted by atomic mass is 10.3. The molecule has 0 rings (SSSR count). The average Bonchev–Trinajstić information content (AvgIpc) is 2.22. The van der Waals surface area contributed by atoms with E-state index in [2.05, 4.69) is 10.6 Å². The van der Waals surface area contributed by atoms with Crippen molar-refractivity contribution in [2.75, 3.05) is 26.2 Å². The van der Waals surface area contributed by atoms with Gasteiger partial charge in [-0.05, 0) is 12.8 Å². The van der Waals surface area contributed by atoms with E-state index in [1.807, 2.05) is 13.8 Å². The van der Waals surface area contributed by atoms with Crippen LogP contribution in [-0.4, -0.2) is 48.6 Å². The molecule has 0 heterocycles. The van der Waals surface area contributed by atoms with Crippen molar-refractivity contribution in [2.45, 2.75) is 38.9 Å². The summed E-state index contributed by atoms with van der Waals surface area (Å²) in [5, 5.41) is 24.7. The third-order valence-corrected chi connectivity index (χ3v) is 2.18. The molecular weight excluding hydrogens is 180 g/mol. The first-order chi connectivity index (χ1) is 6.70. The quantitative estimate of drug-likeness (QED) is 0.390. The van der Waals surface area contributed by atoms with E-state index in [4.69, 9.17) is 0 Å². The minimum Gasteiger partial charge on any atom is -0.392 e. The highest BCUT2D eigenvalue weighted by molar-refractivity contribution is 4.60. The van der Waals surface area contributed by atoms with E-state index >= 15 is 0 Å². The maximum absolute atomic E-state index is 9.22. The minimum atomic E-state index is -0.240. The molecule has 4 N–H and O–H groups in total. The predicted molar refractivity (Wildman–Crippen MR) is 58.3 cm³/mol. The van der Waals surface area contributed by atoms with Crippen molar-refractivity contribution >= 4 is 0 Å². The van der Waals surface area contributed by atoms with Gasteiger partial charge >= 0.3 is 0 Å². The molecule has 14 heavy (non-hydrogen) atoms. The molecule has 0 aliphatic rings. The molecular formula is C10H24N2O2. The smallest absolute Gasteiger partial charge is 0.0662 e. The molecule has 0 radical (unpaired) electrons. The van der Waals surface area contributed by atoms with Crippen molar-refractivity contribution in [3.05, 3.63) is 0 Å². The van der Waals surface area contributed by atoms with Gasteiger partial charge in [-0.3, -0.25) is 0 Å². The minimum absolute atomic E-state index is 0.240. The van der Waals surface area contributed by atoms with Crippen molar-refractivity contribution in [1.82, 2.24) is 10.6 Å². The van der Waals surface area contributed by atoms with Crippen LogP contribution in [0.15, 0.2) is 0 Å². The van der Waals surface area contributed by atoms with Gasteiger partial charge in [-0.15, -0.1) is 0 Å². The molecule has 0 aromatic rings. The van der Waals surface area contributed by atoms with E-state index in [0.29, 0.717) is 13.1 Å². The van der Waals surface area contributed by atoms with Crippen molar-refractivity contribution in [3.8, 4) is 0 Å². The zero-order chi connectivity index (χ0) is 10.8. The molecule has 0 bridgehead atoms. The first-order valence-corrected chi connectivity index (χ1v) is 5.48. The van der Waals surface area contributed by atoms with Crippen molar-refractivity contribution in [1.29, 1.82) is 0 Å². The summed E-state index contributed by atoms with van der Waals surface area (Å²) in [4.78, 5) is 0. The fraction of sp³-hybridized carbons (Fsp3) is 1.00. The van der Waals surface area contributed by atoms with Crippen LogP contribution in [0.3, 0.4) is 0 Å². The van der Waals surface area contributed by atoms with Gasteiger partial charge in [-0.1, -0.05) is 13.8 Å². The molecule has 0 spiro atoms. The molecule has 0 aliphatic heterocycles. The summed E-state index contributed by atoms with van der Waals surface area (Å²) in [7, 11) is 0. The predicted octanol–water partition coefficient (Wildman–Crippen LogP) is -0.293. The topological polar surface area (TPSA) is 64.5 Å². The summed E-state index contributed by atoms with van der Waals surface area (Å²) >= 11 is 0. The Labute approximate surface area is 86.7 Å². The Bertz CT molecular complexity index is 109. The summed E-state index contributed by atoms with van der Waals surface area (Å²) in [5.74, 6) is 0.